The fourth-order valence-corrected chi connectivity index (χ4v) is 4.22. The summed E-state index contributed by atoms with van der Waals surface area (Å²) in [6.07, 6.45) is 5.81. The average molecular weight is 348 g/mol. The van der Waals surface area contributed by atoms with Crippen LogP contribution in [0, 0.1) is 0 Å². The van der Waals surface area contributed by atoms with Crippen molar-refractivity contribution in [2.75, 3.05) is 18.8 Å². The normalized spacial score (nSPS) is 19.0. The first-order chi connectivity index (χ1) is 11.2. The molecule has 23 heavy (non-hydrogen) atoms. The van der Waals surface area contributed by atoms with Crippen LogP contribution in [0.1, 0.15) is 23.0 Å². The molecule has 120 valence electrons. The molecule has 1 fully saturated rings. The van der Waals surface area contributed by atoms with Crippen molar-refractivity contribution < 1.29 is 9.21 Å². The molecular weight excluding hydrogens is 330 g/mol. The van der Waals surface area contributed by atoms with Gasteiger partial charge in [0.15, 0.2) is 0 Å². The summed E-state index contributed by atoms with van der Waals surface area (Å²) in [4.78, 5) is 14.2. The van der Waals surface area contributed by atoms with E-state index in [9.17, 15) is 4.79 Å². The van der Waals surface area contributed by atoms with Crippen molar-refractivity contribution in [3.05, 3.63) is 65.1 Å². The third-order valence-electron chi connectivity index (χ3n) is 3.84. The number of carbonyl (C=O) groups excluding carboxylic acids is 1. The molecule has 1 amide bonds. The van der Waals surface area contributed by atoms with Crippen LogP contribution in [0.4, 0.5) is 0 Å². The van der Waals surface area contributed by atoms with Gasteiger partial charge in [0, 0.05) is 35.2 Å². The van der Waals surface area contributed by atoms with Crippen molar-refractivity contribution in [2.24, 2.45) is 0 Å². The second-order valence-corrected chi connectivity index (χ2v) is 7.06. The first-order valence-corrected chi connectivity index (χ1v) is 9.03. The van der Waals surface area contributed by atoms with Crippen molar-refractivity contribution in [1.29, 1.82) is 0 Å². The van der Waals surface area contributed by atoms with Crippen LogP contribution in [0.15, 0.2) is 53.2 Å². The predicted molar refractivity (Wildman–Crippen MR) is 95.6 cm³/mol. The smallest absolute Gasteiger partial charge is 0.246 e. The molecule has 1 aromatic carbocycles. The zero-order valence-electron chi connectivity index (χ0n) is 12.7. The second-order valence-electron chi connectivity index (χ2n) is 5.34. The first kappa shape index (κ1) is 16.2. The third-order valence-corrected chi connectivity index (χ3v) is 5.49. The minimum atomic E-state index is 0.0295. The van der Waals surface area contributed by atoms with E-state index in [-0.39, 0.29) is 5.91 Å². The molecule has 1 unspecified atom stereocenters. The predicted octanol–water partition coefficient (Wildman–Crippen LogP) is 4.65. The highest BCUT2D eigenvalue weighted by Gasteiger charge is 2.22. The summed E-state index contributed by atoms with van der Waals surface area (Å²) in [6.45, 7) is 1.50. The summed E-state index contributed by atoms with van der Waals surface area (Å²) in [5.74, 6) is 1.63. The summed E-state index contributed by atoms with van der Waals surface area (Å²) in [5.41, 5.74) is 1.17. The number of rotatable bonds is 3. The van der Waals surface area contributed by atoms with Crippen LogP contribution >= 0.6 is 23.4 Å². The lowest BCUT2D eigenvalue weighted by molar-refractivity contribution is -0.125. The van der Waals surface area contributed by atoms with Gasteiger partial charge in [-0.05, 0) is 36.3 Å². The van der Waals surface area contributed by atoms with Gasteiger partial charge in [-0.2, -0.15) is 11.8 Å². The number of nitrogens with zero attached hydrogens (tertiary/aromatic N) is 1. The van der Waals surface area contributed by atoms with Gasteiger partial charge in [-0.1, -0.05) is 29.8 Å². The van der Waals surface area contributed by atoms with Gasteiger partial charge in [0.1, 0.15) is 5.76 Å². The Morgan fingerprint density at radius 3 is 2.91 bits per heavy atom. The standard InChI is InChI=1S/C18H18ClNO2S/c19-16-6-2-1-5-15(16)17-9-10-20(11-13-23-17)18(21)8-7-14-4-3-12-22-14/h1-8,12,17H,9-11,13H2. The Balaban J connectivity index is 1.62. The van der Waals surface area contributed by atoms with E-state index in [4.69, 9.17) is 16.0 Å². The van der Waals surface area contributed by atoms with Crippen molar-refractivity contribution in [3.63, 3.8) is 0 Å². The first-order valence-electron chi connectivity index (χ1n) is 7.60. The van der Waals surface area contributed by atoms with E-state index in [1.54, 1.807) is 24.5 Å². The van der Waals surface area contributed by atoms with Gasteiger partial charge in [0.05, 0.1) is 6.26 Å². The average Bonchev–Trinajstić information content (AvgIpc) is 2.96. The number of carbonyl (C=O) groups is 1. The lowest BCUT2D eigenvalue weighted by atomic mass is 10.1. The summed E-state index contributed by atoms with van der Waals surface area (Å²) in [6, 6.07) is 11.6. The number of hydrogen-bond donors (Lipinski definition) is 0. The number of thioether (sulfide) groups is 1. The van der Waals surface area contributed by atoms with E-state index < -0.39 is 0 Å². The van der Waals surface area contributed by atoms with E-state index in [0.29, 0.717) is 11.0 Å². The highest BCUT2D eigenvalue weighted by atomic mass is 35.5. The SMILES string of the molecule is O=C(C=Cc1ccco1)N1CCSC(c2ccccc2Cl)CC1. The molecule has 1 aliphatic rings. The Labute approximate surface area is 145 Å². The molecule has 1 atom stereocenters. The van der Waals surface area contributed by atoms with Gasteiger partial charge >= 0.3 is 0 Å². The molecule has 1 saturated heterocycles. The van der Waals surface area contributed by atoms with Crippen LogP contribution < -0.4 is 0 Å². The van der Waals surface area contributed by atoms with E-state index in [1.807, 2.05) is 40.9 Å². The molecule has 0 saturated carbocycles. The molecule has 3 rings (SSSR count). The number of hydrogen-bond acceptors (Lipinski definition) is 3. The maximum atomic E-state index is 12.3. The summed E-state index contributed by atoms with van der Waals surface area (Å²) in [5, 5.41) is 1.15. The Kier molecular flexibility index (Phi) is 5.47. The number of halogens is 1. The van der Waals surface area contributed by atoms with Crippen LogP contribution in [-0.4, -0.2) is 29.6 Å². The van der Waals surface area contributed by atoms with Crippen LogP contribution in [0.5, 0.6) is 0 Å². The minimum absolute atomic E-state index is 0.0295. The van der Waals surface area contributed by atoms with Gasteiger partial charge in [0.2, 0.25) is 5.91 Å². The van der Waals surface area contributed by atoms with E-state index in [2.05, 4.69) is 6.07 Å². The van der Waals surface area contributed by atoms with Crippen LogP contribution in [-0.2, 0) is 4.79 Å². The fraction of sp³-hybridized carbons (Fsp3) is 0.278. The molecule has 2 heterocycles. The largest absolute Gasteiger partial charge is 0.465 e. The topological polar surface area (TPSA) is 33.5 Å². The van der Waals surface area contributed by atoms with Gasteiger partial charge in [-0.3, -0.25) is 4.79 Å². The summed E-state index contributed by atoms with van der Waals surface area (Å²) in [7, 11) is 0. The zero-order chi connectivity index (χ0) is 16.1. The Morgan fingerprint density at radius 1 is 1.26 bits per heavy atom. The molecule has 1 aliphatic heterocycles. The highest BCUT2D eigenvalue weighted by Crippen LogP contribution is 2.37. The Bertz CT molecular complexity index is 684. The Hall–Kier alpha value is -1.65. The van der Waals surface area contributed by atoms with Gasteiger partial charge in [-0.25, -0.2) is 0 Å². The molecule has 3 nitrogen and oxygen atoms in total. The van der Waals surface area contributed by atoms with Crippen LogP contribution in [0.25, 0.3) is 6.08 Å². The minimum Gasteiger partial charge on any atom is -0.465 e. The molecule has 0 radical (unpaired) electrons. The fourth-order valence-electron chi connectivity index (χ4n) is 2.62. The molecule has 0 N–H and O–H groups in total. The van der Waals surface area contributed by atoms with E-state index in [1.165, 1.54) is 5.56 Å². The summed E-state index contributed by atoms with van der Waals surface area (Å²) < 4.78 is 5.21. The quantitative estimate of drug-likeness (QED) is 0.757. The highest BCUT2D eigenvalue weighted by molar-refractivity contribution is 7.99. The molecular formula is C18H18ClNO2S. The third kappa shape index (κ3) is 4.21. The number of benzene rings is 1. The molecule has 1 aromatic heterocycles. The maximum absolute atomic E-state index is 12.3. The van der Waals surface area contributed by atoms with E-state index in [0.717, 1.165) is 30.3 Å². The van der Waals surface area contributed by atoms with Gasteiger partial charge < -0.3 is 9.32 Å². The lowest BCUT2D eigenvalue weighted by Crippen LogP contribution is -2.31. The number of furan rings is 1. The Morgan fingerprint density at radius 2 is 2.13 bits per heavy atom. The maximum Gasteiger partial charge on any atom is 0.246 e. The van der Waals surface area contributed by atoms with Gasteiger partial charge in [-0.15, -0.1) is 0 Å². The molecule has 5 heteroatoms. The van der Waals surface area contributed by atoms with Crippen molar-refractivity contribution in [1.82, 2.24) is 4.90 Å². The lowest BCUT2D eigenvalue weighted by Gasteiger charge is -2.18. The molecule has 0 aliphatic carbocycles. The van der Waals surface area contributed by atoms with Gasteiger partial charge in [0.25, 0.3) is 0 Å². The molecule has 2 aromatic rings. The van der Waals surface area contributed by atoms with E-state index >= 15 is 0 Å². The van der Waals surface area contributed by atoms with Crippen LogP contribution in [0.3, 0.4) is 0 Å². The van der Waals surface area contributed by atoms with Crippen LogP contribution in [0.2, 0.25) is 5.02 Å². The van der Waals surface area contributed by atoms with Crippen molar-refractivity contribution in [2.45, 2.75) is 11.7 Å². The van der Waals surface area contributed by atoms with Crippen molar-refractivity contribution in [3.8, 4) is 0 Å². The van der Waals surface area contributed by atoms with Crippen molar-refractivity contribution >= 4 is 35.3 Å². The molecule has 0 bridgehead atoms. The molecule has 0 spiro atoms. The zero-order valence-corrected chi connectivity index (χ0v) is 14.2. The monoisotopic (exact) mass is 347 g/mol. The summed E-state index contributed by atoms with van der Waals surface area (Å²) >= 11 is 8.17. The second kappa shape index (κ2) is 7.75. The number of amides is 1.